The maximum Gasteiger partial charge on any atom is 0.267 e. The van der Waals surface area contributed by atoms with Crippen LogP contribution >= 0.6 is 11.3 Å². The molecule has 9 heteroatoms. The van der Waals surface area contributed by atoms with Crippen LogP contribution in [0.5, 0.6) is 5.75 Å². The summed E-state index contributed by atoms with van der Waals surface area (Å²) in [4.78, 5) is 15.3. The average Bonchev–Trinajstić information content (AvgIpc) is 3.33. The molecule has 1 aliphatic heterocycles. The lowest BCUT2D eigenvalue weighted by atomic mass is 10.1. The molecule has 2 aromatic carbocycles. The zero-order valence-electron chi connectivity index (χ0n) is 18.9. The van der Waals surface area contributed by atoms with Gasteiger partial charge in [-0.1, -0.05) is 12.1 Å². The second-order valence-corrected chi connectivity index (χ2v) is 10.8. The van der Waals surface area contributed by atoms with Gasteiger partial charge in [0.05, 0.1) is 7.11 Å². The van der Waals surface area contributed by atoms with Crippen molar-refractivity contribution in [2.45, 2.75) is 18.7 Å². The van der Waals surface area contributed by atoms with E-state index in [1.165, 1.54) is 10.4 Å². The predicted octanol–water partition coefficient (Wildman–Crippen LogP) is 4.14. The molecule has 174 valence electrons. The Kier molecular flexibility index (Phi) is 6.73. The Morgan fingerprint density at radius 2 is 1.76 bits per heavy atom. The first-order valence-electron chi connectivity index (χ1n) is 10.6. The van der Waals surface area contributed by atoms with Crippen molar-refractivity contribution in [1.82, 2.24) is 4.31 Å². The third-order valence-corrected chi connectivity index (χ3v) is 8.86. The fourth-order valence-electron chi connectivity index (χ4n) is 3.81. The van der Waals surface area contributed by atoms with E-state index in [1.807, 2.05) is 56.3 Å². The summed E-state index contributed by atoms with van der Waals surface area (Å²) in [5.41, 5.74) is 3.82. The van der Waals surface area contributed by atoms with E-state index in [2.05, 4.69) is 10.2 Å². The van der Waals surface area contributed by atoms with E-state index in [-0.39, 0.29) is 9.77 Å². The number of amides is 1. The molecule has 0 aliphatic carbocycles. The number of ether oxygens (including phenoxy) is 1. The molecule has 33 heavy (non-hydrogen) atoms. The summed E-state index contributed by atoms with van der Waals surface area (Å²) in [7, 11) is -2.17. The molecule has 1 amide bonds. The molecule has 4 rings (SSSR count). The highest BCUT2D eigenvalue weighted by atomic mass is 32.2. The molecule has 0 bridgehead atoms. The molecule has 1 fully saturated rings. The summed E-state index contributed by atoms with van der Waals surface area (Å²) in [6.45, 7) is 5.76. The SMILES string of the molecule is COc1cccc(N2CCN(S(=O)(=O)c3ccsc3C(=O)Nc3ccc(C)c(C)c3)CC2)c1. The van der Waals surface area contributed by atoms with Crippen molar-refractivity contribution < 1.29 is 17.9 Å². The minimum Gasteiger partial charge on any atom is -0.497 e. The lowest BCUT2D eigenvalue weighted by Crippen LogP contribution is -2.48. The van der Waals surface area contributed by atoms with E-state index in [0.717, 1.165) is 33.9 Å². The molecule has 1 aromatic heterocycles. The number of anilines is 2. The third kappa shape index (κ3) is 4.90. The molecule has 0 atom stereocenters. The molecule has 0 spiro atoms. The summed E-state index contributed by atoms with van der Waals surface area (Å²) in [6, 6.07) is 14.9. The molecule has 2 heterocycles. The van der Waals surface area contributed by atoms with Crippen LogP contribution < -0.4 is 15.0 Å². The molecular weight excluding hydrogens is 458 g/mol. The first kappa shape index (κ1) is 23.3. The number of carbonyl (C=O) groups is 1. The number of nitrogens with one attached hydrogen (secondary N) is 1. The van der Waals surface area contributed by atoms with E-state index in [4.69, 9.17) is 4.74 Å². The van der Waals surface area contributed by atoms with Crippen LogP contribution in [0.25, 0.3) is 0 Å². The predicted molar refractivity (Wildman–Crippen MR) is 132 cm³/mol. The van der Waals surface area contributed by atoms with Crippen molar-refractivity contribution in [3.63, 3.8) is 0 Å². The van der Waals surface area contributed by atoms with Crippen LogP contribution in [0.15, 0.2) is 58.8 Å². The fraction of sp³-hybridized carbons (Fsp3) is 0.292. The summed E-state index contributed by atoms with van der Waals surface area (Å²) in [6.07, 6.45) is 0. The standard InChI is InChI=1S/C24H27N3O4S2/c1-17-7-8-19(15-18(17)2)25-24(28)23-22(9-14-32-23)33(29,30)27-12-10-26(11-13-27)20-5-4-6-21(16-20)31-3/h4-9,14-16H,10-13H2,1-3H3,(H,25,28). The van der Waals surface area contributed by atoms with Crippen LogP contribution in [0.3, 0.4) is 0 Å². The van der Waals surface area contributed by atoms with Gasteiger partial charge in [-0.05, 0) is 60.7 Å². The highest BCUT2D eigenvalue weighted by Gasteiger charge is 2.32. The summed E-state index contributed by atoms with van der Waals surface area (Å²) >= 11 is 1.13. The molecule has 1 saturated heterocycles. The van der Waals surface area contributed by atoms with Gasteiger partial charge in [0, 0.05) is 43.6 Å². The number of benzene rings is 2. The number of hydrogen-bond donors (Lipinski definition) is 1. The third-order valence-electron chi connectivity index (χ3n) is 5.88. The van der Waals surface area contributed by atoms with Gasteiger partial charge < -0.3 is 15.0 Å². The Morgan fingerprint density at radius 3 is 2.45 bits per heavy atom. The van der Waals surface area contributed by atoms with E-state index in [1.54, 1.807) is 12.5 Å². The van der Waals surface area contributed by atoms with Gasteiger partial charge >= 0.3 is 0 Å². The largest absolute Gasteiger partial charge is 0.497 e. The highest BCUT2D eigenvalue weighted by Crippen LogP contribution is 2.29. The zero-order chi connectivity index (χ0) is 23.6. The van der Waals surface area contributed by atoms with E-state index < -0.39 is 15.9 Å². The fourth-order valence-corrected chi connectivity index (χ4v) is 6.52. The minimum atomic E-state index is -3.79. The Bertz CT molecular complexity index is 1260. The number of aryl methyl sites for hydroxylation is 2. The normalized spacial score (nSPS) is 14.8. The lowest BCUT2D eigenvalue weighted by Gasteiger charge is -2.35. The quantitative estimate of drug-likeness (QED) is 0.568. The number of methoxy groups -OCH3 is 1. The van der Waals surface area contributed by atoms with Crippen LogP contribution in [0, 0.1) is 13.8 Å². The number of thiophene rings is 1. The molecule has 3 aromatic rings. The van der Waals surface area contributed by atoms with E-state index in [0.29, 0.717) is 31.9 Å². The van der Waals surface area contributed by atoms with Crippen molar-refractivity contribution in [2.75, 3.05) is 43.5 Å². The number of piperazine rings is 1. The first-order valence-corrected chi connectivity index (χ1v) is 13.0. The van der Waals surface area contributed by atoms with Crippen LogP contribution in [-0.4, -0.2) is 51.9 Å². The van der Waals surface area contributed by atoms with Gasteiger partial charge in [0.15, 0.2) is 0 Å². The van der Waals surface area contributed by atoms with Gasteiger partial charge in [0.2, 0.25) is 10.0 Å². The van der Waals surface area contributed by atoms with Gasteiger partial charge in [-0.3, -0.25) is 4.79 Å². The molecular formula is C24H27N3O4S2. The van der Waals surface area contributed by atoms with Crippen molar-refractivity contribution in [3.05, 3.63) is 69.9 Å². The molecule has 0 saturated carbocycles. The molecule has 1 aliphatic rings. The summed E-state index contributed by atoms with van der Waals surface area (Å²) in [5, 5.41) is 4.48. The summed E-state index contributed by atoms with van der Waals surface area (Å²) < 4.78 is 33.5. The first-order chi connectivity index (χ1) is 15.8. The Balaban J connectivity index is 1.48. The van der Waals surface area contributed by atoms with Gasteiger partial charge in [-0.2, -0.15) is 4.31 Å². The Morgan fingerprint density at radius 1 is 1.00 bits per heavy atom. The minimum absolute atomic E-state index is 0.0589. The van der Waals surface area contributed by atoms with E-state index >= 15 is 0 Å². The van der Waals surface area contributed by atoms with Crippen molar-refractivity contribution in [3.8, 4) is 5.75 Å². The number of sulfonamides is 1. The topological polar surface area (TPSA) is 79.0 Å². The van der Waals surface area contributed by atoms with Crippen molar-refractivity contribution >= 4 is 38.6 Å². The van der Waals surface area contributed by atoms with Crippen LogP contribution in [0.1, 0.15) is 20.8 Å². The number of hydrogen-bond acceptors (Lipinski definition) is 6. The van der Waals surface area contributed by atoms with E-state index in [9.17, 15) is 13.2 Å². The van der Waals surface area contributed by atoms with Crippen molar-refractivity contribution in [1.29, 1.82) is 0 Å². The molecule has 0 unspecified atom stereocenters. The molecule has 1 N–H and O–H groups in total. The molecule has 7 nitrogen and oxygen atoms in total. The Labute approximate surface area is 198 Å². The number of carbonyl (C=O) groups excluding carboxylic acids is 1. The number of nitrogens with zero attached hydrogens (tertiary/aromatic N) is 2. The molecule has 0 radical (unpaired) electrons. The smallest absolute Gasteiger partial charge is 0.267 e. The lowest BCUT2D eigenvalue weighted by molar-refractivity contribution is 0.102. The average molecular weight is 486 g/mol. The Hall–Kier alpha value is -2.88. The summed E-state index contributed by atoms with van der Waals surface area (Å²) in [5.74, 6) is 0.349. The van der Waals surface area contributed by atoms with Gasteiger partial charge in [0.25, 0.3) is 5.91 Å². The van der Waals surface area contributed by atoms with Crippen LogP contribution in [0.4, 0.5) is 11.4 Å². The van der Waals surface area contributed by atoms with Gasteiger partial charge in [0.1, 0.15) is 15.5 Å². The second-order valence-electron chi connectivity index (χ2n) is 7.96. The van der Waals surface area contributed by atoms with Gasteiger partial charge in [-0.25, -0.2) is 8.42 Å². The highest BCUT2D eigenvalue weighted by molar-refractivity contribution is 7.89. The monoisotopic (exact) mass is 485 g/mol. The maximum atomic E-state index is 13.4. The second kappa shape index (κ2) is 9.54. The van der Waals surface area contributed by atoms with Crippen LogP contribution in [0.2, 0.25) is 0 Å². The van der Waals surface area contributed by atoms with Crippen LogP contribution in [-0.2, 0) is 10.0 Å². The van der Waals surface area contributed by atoms with Gasteiger partial charge in [-0.15, -0.1) is 11.3 Å². The zero-order valence-corrected chi connectivity index (χ0v) is 20.5. The maximum absolute atomic E-state index is 13.4. The van der Waals surface area contributed by atoms with Crippen molar-refractivity contribution in [2.24, 2.45) is 0 Å². The number of rotatable bonds is 6.